The molecule has 206 valence electrons. The molecule has 2 aromatic rings. The third-order valence-corrected chi connectivity index (χ3v) is 10.4. The number of benzene rings is 1. The number of alkyl halides is 2. The van der Waals surface area contributed by atoms with Crippen LogP contribution in [0.2, 0.25) is 0 Å². The van der Waals surface area contributed by atoms with E-state index in [9.17, 15) is 26.9 Å². The third-order valence-electron chi connectivity index (χ3n) is 5.66. The third kappa shape index (κ3) is 7.91. The topological polar surface area (TPSA) is 136 Å². The van der Waals surface area contributed by atoms with Gasteiger partial charge in [0.1, 0.15) is 11.0 Å². The summed E-state index contributed by atoms with van der Waals surface area (Å²) in [7, 11) is -8.34. The van der Waals surface area contributed by atoms with Gasteiger partial charge in [-0.1, -0.05) is 11.3 Å². The van der Waals surface area contributed by atoms with Gasteiger partial charge in [-0.3, -0.25) is 10.1 Å². The van der Waals surface area contributed by atoms with Crippen molar-refractivity contribution in [1.82, 2.24) is 4.31 Å². The first-order chi connectivity index (χ1) is 17.6. The molecule has 0 aliphatic carbocycles. The maximum Gasteiger partial charge on any atom is 0.328 e. The lowest BCUT2D eigenvalue weighted by molar-refractivity contribution is -0.380. The second kappa shape index (κ2) is 13.4. The molecule has 1 aromatic heterocycles. The predicted molar refractivity (Wildman–Crippen MR) is 144 cm³/mol. The number of rotatable bonds is 14. The SMILES string of the molecule is O=[N+]([O-])c1sccc1C(CCS(=O)(=O)N1CCOCC1)S(=O)(=O)Oc1ccc(N(CCCl)CCCl)cc1. The zero-order valence-corrected chi connectivity index (χ0v) is 23.7. The van der Waals surface area contributed by atoms with Gasteiger partial charge in [0.15, 0.2) is 0 Å². The van der Waals surface area contributed by atoms with Crippen LogP contribution in [0, 0.1) is 10.1 Å². The summed E-state index contributed by atoms with van der Waals surface area (Å²) >= 11 is 12.4. The maximum atomic E-state index is 13.4. The van der Waals surface area contributed by atoms with Crippen molar-refractivity contribution < 1.29 is 30.7 Å². The molecule has 1 fully saturated rings. The number of morpholine rings is 1. The van der Waals surface area contributed by atoms with E-state index in [1.54, 1.807) is 12.1 Å². The van der Waals surface area contributed by atoms with Gasteiger partial charge in [0, 0.05) is 43.6 Å². The van der Waals surface area contributed by atoms with Crippen LogP contribution >= 0.6 is 34.5 Å². The lowest BCUT2D eigenvalue weighted by Gasteiger charge is -2.26. The molecule has 1 unspecified atom stereocenters. The summed E-state index contributed by atoms with van der Waals surface area (Å²) < 4.78 is 64.2. The van der Waals surface area contributed by atoms with Crippen LogP contribution in [0.15, 0.2) is 35.7 Å². The Balaban J connectivity index is 1.86. The molecule has 1 atom stereocenters. The number of nitro groups is 1. The molecule has 0 amide bonds. The van der Waals surface area contributed by atoms with Crippen LogP contribution < -0.4 is 9.08 Å². The first-order valence-corrected chi connectivity index (χ1v) is 16.3. The van der Waals surface area contributed by atoms with Crippen LogP contribution in [0.1, 0.15) is 17.2 Å². The molecule has 1 aromatic carbocycles. The monoisotopic (exact) mass is 615 g/mol. The molecular formula is C21H27Cl2N3O8S3. The van der Waals surface area contributed by atoms with Gasteiger partial charge in [0.25, 0.3) is 0 Å². The Morgan fingerprint density at radius 2 is 1.70 bits per heavy atom. The van der Waals surface area contributed by atoms with E-state index in [0.717, 1.165) is 17.0 Å². The number of halogens is 2. The van der Waals surface area contributed by atoms with Gasteiger partial charge in [-0.05, 0) is 42.1 Å². The van der Waals surface area contributed by atoms with Crippen LogP contribution in [0.25, 0.3) is 0 Å². The Morgan fingerprint density at radius 1 is 1.08 bits per heavy atom. The second-order valence-electron chi connectivity index (χ2n) is 7.98. The first kappa shape index (κ1) is 29.9. The van der Waals surface area contributed by atoms with Crippen LogP contribution in [0.4, 0.5) is 10.7 Å². The Morgan fingerprint density at radius 3 is 2.27 bits per heavy atom. The highest BCUT2D eigenvalue weighted by Crippen LogP contribution is 2.38. The standard InChI is InChI=1S/C21H27Cl2N3O8S3/c22-7-9-24(10-8-23)17-1-3-18(4-2-17)34-37(31,32)20(19-5-15-35-21(19)26(27)28)6-16-36(29,30)25-11-13-33-14-12-25/h1-5,15,20H,6-14,16H2. The molecule has 1 saturated heterocycles. The molecule has 0 N–H and O–H groups in total. The fourth-order valence-electron chi connectivity index (χ4n) is 3.85. The smallest absolute Gasteiger partial charge is 0.328 e. The fourth-order valence-corrected chi connectivity index (χ4v) is 8.16. The zero-order valence-electron chi connectivity index (χ0n) is 19.7. The van der Waals surface area contributed by atoms with Gasteiger partial charge in [-0.2, -0.15) is 12.7 Å². The summed E-state index contributed by atoms with van der Waals surface area (Å²) in [6, 6.07) is 7.51. The number of anilines is 1. The van der Waals surface area contributed by atoms with Gasteiger partial charge >= 0.3 is 15.1 Å². The molecule has 37 heavy (non-hydrogen) atoms. The largest absolute Gasteiger partial charge is 0.382 e. The predicted octanol–water partition coefficient (Wildman–Crippen LogP) is 3.44. The van der Waals surface area contributed by atoms with Crippen LogP contribution in [-0.4, -0.2) is 83.0 Å². The van der Waals surface area contributed by atoms with Crippen molar-refractivity contribution in [3.8, 4) is 5.75 Å². The van der Waals surface area contributed by atoms with E-state index < -0.39 is 42.5 Å². The molecule has 11 nitrogen and oxygen atoms in total. The van der Waals surface area contributed by atoms with E-state index in [2.05, 4.69) is 0 Å². The van der Waals surface area contributed by atoms with Crippen molar-refractivity contribution >= 4 is 65.4 Å². The lowest BCUT2D eigenvalue weighted by atomic mass is 10.2. The number of nitrogens with zero attached hydrogens (tertiary/aromatic N) is 3. The van der Waals surface area contributed by atoms with Crippen molar-refractivity contribution in [2.24, 2.45) is 0 Å². The average molecular weight is 617 g/mol. The molecule has 0 radical (unpaired) electrons. The summed E-state index contributed by atoms with van der Waals surface area (Å²) in [6.07, 6.45) is -0.420. The van der Waals surface area contributed by atoms with Gasteiger partial charge in [-0.25, -0.2) is 8.42 Å². The normalized spacial score (nSPS) is 15.8. The van der Waals surface area contributed by atoms with Crippen molar-refractivity contribution in [2.45, 2.75) is 11.7 Å². The highest BCUT2D eigenvalue weighted by Gasteiger charge is 2.37. The maximum absolute atomic E-state index is 13.4. The molecule has 2 heterocycles. The van der Waals surface area contributed by atoms with Crippen LogP contribution in [0.5, 0.6) is 5.75 Å². The Bertz CT molecular complexity index is 1240. The van der Waals surface area contributed by atoms with Crippen molar-refractivity contribution in [1.29, 1.82) is 0 Å². The van der Waals surface area contributed by atoms with E-state index in [1.807, 2.05) is 4.90 Å². The van der Waals surface area contributed by atoms with Gasteiger partial charge in [0.05, 0.1) is 29.5 Å². The van der Waals surface area contributed by atoms with E-state index in [4.69, 9.17) is 32.1 Å². The molecule has 3 rings (SSSR count). The molecular weight excluding hydrogens is 589 g/mol. The van der Waals surface area contributed by atoms with Crippen molar-refractivity contribution in [2.75, 3.05) is 61.8 Å². The molecule has 0 saturated carbocycles. The minimum absolute atomic E-state index is 0.0145. The number of ether oxygens (including phenoxy) is 1. The molecule has 1 aliphatic rings. The van der Waals surface area contributed by atoms with E-state index in [0.29, 0.717) is 24.8 Å². The summed E-state index contributed by atoms with van der Waals surface area (Å²) in [5.74, 6) is 0.202. The van der Waals surface area contributed by atoms with Crippen LogP contribution in [-0.2, 0) is 24.9 Å². The highest BCUT2D eigenvalue weighted by atomic mass is 35.5. The van der Waals surface area contributed by atoms with E-state index in [1.165, 1.54) is 27.9 Å². The van der Waals surface area contributed by atoms with Crippen molar-refractivity contribution in [3.05, 3.63) is 51.4 Å². The molecule has 1 aliphatic heterocycles. The zero-order chi connectivity index (χ0) is 27.1. The molecule has 0 spiro atoms. The fraction of sp³-hybridized carbons (Fsp3) is 0.524. The average Bonchev–Trinajstić information content (AvgIpc) is 3.34. The lowest BCUT2D eigenvalue weighted by Crippen LogP contribution is -2.42. The van der Waals surface area contributed by atoms with E-state index in [-0.39, 0.29) is 42.6 Å². The van der Waals surface area contributed by atoms with Crippen molar-refractivity contribution in [3.63, 3.8) is 0 Å². The summed E-state index contributed by atoms with van der Waals surface area (Å²) in [5, 5.41) is 11.0. The number of thiophene rings is 1. The number of hydrogen-bond acceptors (Lipinski definition) is 10. The minimum Gasteiger partial charge on any atom is -0.382 e. The Kier molecular flexibility index (Phi) is 10.8. The Hall–Kier alpha value is -1.68. The second-order valence-corrected chi connectivity index (χ2v) is 13.4. The summed E-state index contributed by atoms with van der Waals surface area (Å²) in [5.41, 5.74) is 0.645. The number of hydrogen-bond donors (Lipinski definition) is 0. The van der Waals surface area contributed by atoms with Gasteiger partial charge in [-0.15, -0.1) is 23.2 Å². The van der Waals surface area contributed by atoms with Crippen LogP contribution in [0.3, 0.4) is 0 Å². The molecule has 0 bridgehead atoms. The number of sulfonamides is 1. The first-order valence-electron chi connectivity index (χ1n) is 11.3. The Labute approximate surface area is 230 Å². The highest BCUT2D eigenvalue weighted by molar-refractivity contribution is 7.89. The minimum atomic E-state index is -4.52. The van der Waals surface area contributed by atoms with E-state index >= 15 is 0 Å². The van der Waals surface area contributed by atoms with Gasteiger partial charge in [0.2, 0.25) is 10.0 Å². The summed E-state index contributed by atoms with van der Waals surface area (Å²) in [4.78, 5) is 12.8. The molecule has 16 heteroatoms. The summed E-state index contributed by atoms with van der Waals surface area (Å²) in [6.45, 7) is 1.87. The van der Waals surface area contributed by atoms with Gasteiger partial charge < -0.3 is 13.8 Å². The quantitative estimate of drug-likeness (QED) is 0.135.